The second-order valence-corrected chi connectivity index (χ2v) is 3.32. The van der Waals surface area contributed by atoms with E-state index >= 15 is 0 Å². The SMILES string of the molecule is C[C@@H]1OCc2cc(O)c(O)cc2C1=O. The summed E-state index contributed by atoms with van der Waals surface area (Å²) in [4.78, 5) is 11.6. The van der Waals surface area contributed by atoms with Crippen molar-refractivity contribution >= 4 is 5.78 Å². The summed E-state index contributed by atoms with van der Waals surface area (Å²) in [6.45, 7) is 1.95. The van der Waals surface area contributed by atoms with E-state index in [1.807, 2.05) is 0 Å². The molecule has 1 heterocycles. The number of Topliss-reactive ketones (excluding diaryl/α,β-unsaturated/α-hetero) is 1. The number of rotatable bonds is 0. The van der Waals surface area contributed by atoms with Crippen molar-refractivity contribution in [2.45, 2.75) is 19.6 Å². The lowest BCUT2D eigenvalue weighted by Gasteiger charge is -2.21. The summed E-state index contributed by atoms with van der Waals surface area (Å²) in [5.41, 5.74) is 1.04. The summed E-state index contributed by atoms with van der Waals surface area (Å²) in [6, 6.07) is 2.64. The number of phenolic OH excluding ortho intramolecular Hbond substituents is 2. The molecule has 0 saturated carbocycles. The first-order valence-electron chi connectivity index (χ1n) is 4.30. The van der Waals surface area contributed by atoms with E-state index in [2.05, 4.69) is 0 Å². The van der Waals surface area contributed by atoms with E-state index in [1.165, 1.54) is 12.1 Å². The van der Waals surface area contributed by atoms with E-state index in [0.29, 0.717) is 11.1 Å². The molecule has 1 aliphatic rings. The third kappa shape index (κ3) is 1.24. The summed E-state index contributed by atoms with van der Waals surface area (Å²) in [7, 11) is 0. The minimum Gasteiger partial charge on any atom is -0.504 e. The lowest BCUT2D eigenvalue weighted by Crippen LogP contribution is -2.27. The zero-order valence-electron chi connectivity index (χ0n) is 7.65. The Hall–Kier alpha value is -1.55. The molecule has 0 saturated heterocycles. The molecule has 14 heavy (non-hydrogen) atoms. The number of ether oxygens (including phenoxy) is 1. The topological polar surface area (TPSA) is 66.8 Å². The van der Waals surface area contributed by atoms with Crippen LogP contribution in [0.5, 0.6) is 11.5 Å². The zero-order valence-corrected chi connectivity index (χ0v) is 7.65. The fraction of sp³-hybridized carbons (Fsp3) is 0.300. The van der Waals surface area contributed by atoms with Crippen LogP contribution in [0.25, 0.3) is 0 Å². The summed E-state index contributed by atoms with van der Waals surface area (Å²) in [5, 5.41) is 18.4. The Morgan fingerprint density at radius 1 is 1.36 bits per heavy atom. The minimum atomic E-state index is -0.480. The van der Waals surface area contributed by atoms with Crippen molar-refractivity contribution < 1.29 is 19.7 Å². The van der Waals surface area contributed by atoms with Gasteiger partial charge in [0, 0.05) is 5.56 Å². The Labute approximate surface area is 80.7 Å². The highest BCUT2D eigenvalue weighted by molar-refractivity contribution is 6.01. The van der Waals surface area contributed by atoms with Gasteiger partial charge in [0.05, 0.1) is 6.61 Å². The number of phenols is 2. The minimum absolute atomic E-state index is 0.165. The molecule has 0 bridgehead atoms. The molecule has 0 aliphatic carbocycles. The molecule has 74 valence electrons. The van der Waals surface area contributed by atoms with Gasteiger partial charge in [0.1, 0.15) is 6.10 Å². The van der Waals surface area contributed by atoms with Crippen LogP contribution in [0.2, 0.25) is 0 Å². The molecule has 0 spiro atoms. The van der Waals surface area contributed by atoms with Gasteiger partial charge in [0.2, 0.25) is 0 Å². The van der Waals surface area contributed by atoms with E-state index in [1.54, 1.807) is 6.92 Å². The maximum atomic E-state index is 11.6. The van der Waals surface area contributed by atoms with Gasteiger partial charge in [0.15, 0.2) is 17.3 Å². The lowest BCUT2D eigenvalue weighted by atomic mass is 9.98. The molecule has 4 heteroatoms. The van der Waals surface area contributed by atoms with Crippen LogP contribution in [-0.2, 0) is 11.3 Å². The molecule has 1 aliphatic heterocycles. The third-order valence-corrected chi connectivity index (χ3v) is 2.32. The second kappa shape index (κ2) is 2.99. The molecule has 1 aromatic rings. The van der Waals surface area contributed by atoms with Gasteiger partial charge in [0.25, 0.3) is 0 Å². The van der Waals surface area contributed by atoms with Crippen molar-refractivity contribution in [2.24, 2.45) is 0 Å². The van der Waals surface area contributed by atoms with Crippen molar-refractivity contribution in [3.63, 3.8) is 0 Å². The Morgan fingerprint density at radius 2 is 2.00 bits per heavy atom. The molecule has 1 aromatic carbocycles. The monoisotopic (exact) mass is 194 g/mol. The van der Waals surface area contributed by atoms with Crippen LogP contribution in [-0.4, -0.2) is 22.1 Å². The van der Waals surface area contributed by atoms with Gasteiger partial charge in [-0.1, -0.05) is 0 Å². The number of ketones is 1. The molecule has 0 aromatic heterocycles. The number of hydrogen-bond acceptors (Lipinski definition) is 4. The van der Waals surface area contributed by atoms with Crippen LogP contribution in [0.4, 0.5) is 0 Å². The van der Waals surface area contributed by atoms with E-state index in [0.717, 1.165) is 0 Å². The highest BCUT2D eigenvalue weighted by Crippen LogP contribution is 2.31. The third-order valence-electron chi connectivity index (χ3n) is 2.32. The predicted octanol–water partition coefficient (Wildman–Crippen LogP) is 1.20. The number of aromatic hydroxyl groups is 2. The number of carbonyl (C=O) groups excluding carboxylic acids is 1. The average molecular weight is 194 g/mol. The average Bonchev–Trinajstić information content (AvgIpc) is 2.15. The van der Waals surface area contributed by atoms with Crippen LogP contribution in [0.15, 0.2) is 12.1 Å². The first kappa shape index (κ1) is 9.02. The fourth-order valence-electron chi connectivity index (χ4n) is 1.48. The standard InChI is InChI=1S/C10H10O4/c1-5-10(13)7-3-9(12)8(11)2-6(7)4-14-5/h2-3,5,11-12H,4H2,1H3/t5-/m0/s1. The Bertz CT molecular complexity index is 397. The van der Waals surface area contributed by atoms with Gasteiger partial charge in [-0.05, 0) is 24.6 Å². The van der Waals surface area contributed by atoms with Gasteiger partial charge in [-0.2, -0.15) is 0 Å². The summed E-state index contributed by atoms with van der Waals surface area (Å²) in [6.07, 6.45) is -0.480. The molecule has 4 nitrogen and oxygen atoms in total. The molecule has 0 radical (unpaired) electrons. The first-order chi connectivity index (χ1) is 6.59. The first-order valence-corrected chi connectivity index (χ1v) is 4.30. The van der Waals surface area contributed by atoms with Gasteiger partial charge in [-0.3, -0.25) is 4.79 Å². The van der Waals surface area contributed by atoms with Gasteiger partial charge < -0.3 is 14.9 Å². The Balaban J connectivity index is 2.56. The largest absolute Gasteiger partial charge is 0.504 e. The summed E-state index contributed by atoms with van der Waals surface area (Å²) < 4.78 is 5.17. The maximum Gasteiger partial charge on any atom is 0.191 e. The van der Waals surface area contributed by atoms with Crippen LogP contribution in [0.3, 0.4) is 0 Å². The number of hydrogen-bond donors (Lipinski definition) is 2. The Morgan fingerprint density at radius 3 is 2.71 bits per heavy atom. The van der Waals surface area contributed by atoms with Crippen LogP contribution < -0.4 is 0 Å². The van der Waals surface area contributed by atoms with Crippen molar-refractivity contribution in [1.29, 1.82) is 0 Å². The molecular weight excluding hydrogens is 184 g/mol. The van der Waals surface area contributed by atoms with Gasteiger partial charge in [-0.15, -0.1) is 0 Å². The molecule has 2 N–H and O–H groups in total. The van der Waals surface area contributed by atoms with E-state index < -0.39 is 6.10 Å². The zero-order chi connectivity index (χ0) is 10.3. The highest BCUT2D eigenvalue weighted by atomic mass is 16.5. The quantitative estimate of drug-likeness (QED) is 0.609. The van der Waals surface area contributed by atoms with Crippen LogP contribution >= 0.6 is 0 Å². The molecule has 2 rings (SSSR count). The van der Waals surface area contributed by atoms with Crippen molar-refractivity contribution in [3.05, 3.63) is 23.3 Å². The van der Waals surface area contributed by atoms with Crippen molar-refractivity contribution in [1.82, 2.24) is 0 Å². The molecular formula is C10H10O4. The maximum absolute atomic E-state index is 11.6. The van der Waals surface area contributed by atoms with Crippen LogP contribution in [0.1, 0.15) is 22.8 Å². The molecule has 0 amide bonds. The Kier molecular flexibility index (Phi) is 1.93. The van der Waals surface area contributed by atoms with Crippen LogP contribution in [0, 0.1) is 0 Å². The normalized spacial score (nSPS) is 20.6. The van der Waals surface area contributed by atoms with E-state index in [-0.39, 0.29) is 23.9 Å². The number of benzene rings is 1. The molecule has 1 atom stereocenters. The summed E-state index contributed by atoms with van der Waals surface area (Å²) in [5.74, 6) is -0.664. The predicted molar refractivity (Wildman–Crippen MR) is 48.4 cm³/mol. The number of carbonyl (C=O) groups is 1. The van der Waals surface area contributed by atoms with E-state index in [4.69, 9.17) is 4.74 Å². The van der Waals surface area contributed by atoms with Crippen molar-refractivity contribution in [2.75, 3.05) is 0 Å². The highest BCUT2D eigenvalue weighted by Gasteiger charge is 2.25. The van der Waals surface area contributed by atoms with E-state index in [9.17, 15) is 15.0 Å². The van der Waals surface area contributed by atoms with Crippen molar-refractivity contribution in [3.8, 4) is 11.5 Å². The van der Waals surface area contributed by atoms with Gasteiger partial charge in [-0.25, -0.2) is 0 Å². The molecule has 0 fully saturated rings. The fourth-order valence-corrected chi connectivity index (χ4v) is 1.48. The number of fused-ring (bicyclic) bond motifs is 1. The van der Waals surface area contributed by atoms with Gasteiger partial charge >= 0.3 is 0 Å². The molecule has 0 unspecified atom stereocenters. The lowest BCUT2D eigenvalue weighted by molar-refractivity contribution is 0.0335. The second-order valence-electron chi connectivity index (χ2n) is 3.32. The smallest absolute Gasteiger partial charge is 0.191 e. The summed E-state index contributed by atoms with van der Waals surface area (Å²) >= 11 is 0.